The monoisotopic (exact) mass is 544 g/mol. The predicted molar refractivity (Wildman–Crippen MR) is 123 cm³/mol. The third-order valence-electron chi connectivity index (χ3n) is 10.2. The minimum Gasteiger partial charge on any atom is -0.456 e. The molecule has 4 heterocycles. The highest BCUT2D eigenvalue weighted by Crippen LogP contribution is 2.85. The summed E-state index contributed by atoms with van der Waals surface area (Å²) in [6.07, 6.45) is -9.95. The Labute approximate surface area is 222 Å². The number of ether oxygens (including phenoxy) is 5. The van der Waals surface area contributed by atoms with Crippen molar-refractivity contribution < 1.29 is 58.2 Å². The molecule has 0 amide bonds. The van der Waals surface area contributed by atoms with E-state index >= 15 is 0 Å². The van der Waals surface area contributed by atoms with Crippen LogP contribution < -0.4 is 0 Å². The van der Waals surface area contributed by atoms with Gasteiger partial charge in [-0.15, -0.1) is 0 Å². The van der Waals surface area contributed by atoms with Crippen molar-refractivity contribution >= 4 is 23.9 Å². The number of aliphatic hydroxyl groups is 3. The number of rotatable bonds is 2. The van der Waals surface area contributed by atoms with Crippen molar-refractivity contribution in [1.29, 1.82) is 0 Å². The van der Waals surface area contributed by atoms with Crippen molar-refractivity contribution in [2.24, 2.45) is 28.1 Å². The van der Waals surface area contributed by atoms with Crippen molar-refractivity contribution in [3.63, 3.8) is 0 Å². The Morgan fingerprint density at radius 2 is 1.64 bits per heavy atom. The largest absolute Gasteiger partial charge is 0.456 e. The number of aliphatic hydroxyl groups excluding tert-OH is 2. The first-order valence-corrected chi connectivity index (χ1v) is 12.9. The van der Waals surface area contributed by atoms with E-state index in [0.717, 1.165) is 0 Å². The summed E-state index contributed by atoms with van der Waals surface area (Å²) >= 11 is 0. The lowest BCUT2D eigenvalue weighted by Gasteiger charge is -2.47. The second-order valence-corrected chi connectivity index (χ2v) is 12.5. The molecule has 6 aliphatic rings. The molecule has 2 aliphatic carbocycles. The molecule has 12 nitrogen and oxygen atoms in total. The fraction of sp³-hybridized carbons (Fsp3) is 0.630. The van der Waals surface area contributed by atoms with Crippen molar-refractivity contribution in [3.05, 3.63) is 35.9 Å². The van der Waals surface area contributed by atoms with Crippen LogP contribution in [0.4, 0.5) is 0 Å². The van der Waals surface area contributed by atoms with Crippen LogP contribution in [0, 0.1) is 28.1 Å². The number of esters is 4. The van der Waals surface area contributed by atoms with E-state index in [2.05, 4.69) is 0 Å². The highest BCUT2D eigenvalue weighted by Gasteiger charge is 3.06. The van der Waals surface area contributed by atoms with Gasteiger partial charge in [-0.2, -0.15) is 0 Å². The SMILES string of the molecule is C[C@@H]1C(=O)OC2[C@H](OC(=O)c3ccccc3)C34C5OC(=O)C3(OC3OC(=O)[C@H](O)C34[C@H](C(C)(C)C)[C@H]5O)[C@]21O. The fourth-order valence-electron chi connectivity index (χ4n) is 9.14. The summed E-state index contributed by atoms with van der Waals surface area (Å²) in [6.45, 7) is 6.63. The van der Waals surface area contributed by atoms with Crippen LogP contribution in [0.15, 0.2) is 30.3 Å². The number of hydrogen-bond acceptors (Lipinski definition) is 12. The maximum Gasteiger partial charge on any atom is 0.343 e. The Kier molecular flexibility index (Phi) is 4.46. The van der Waals surface area contributed by atoms with Gasteiger partial charge in [0.2, 0.25) is 11.9 Å². The molecular weight excluding hydrogens is 516 g/mol. The minimum atomic E-state index is -2.49. The Morgan fingerprint density at radius 3 is 2.28 bits per heavy atom. The molecule has 208 valence electrons. The lowest BCUT2D eigenvalue weighted by atomic mass is 9.51. The summed E-state index contributed by atoms with van der Waals surface area (Å²) in [7, 11) is 0. The third kappa shape index (κ3) is 2.21. The van der Waals surface area contributed by atoms with Gasteiger partial charge in [-0.25, -0.2) is 14.4 Å². The first-order valence-electron chi connectivity index (χ1n) is 12.9. The molecule has 3 N–H and O–H groups in total. The molecule has 12 heteroatoms. The van der Waals surface area contributed by atoms with Crippen LogP contribution in [0.5, 0.6) is 0 Å². The maximum atomic E-state index is 13.9. The van der Waals surface area contributed by atoms with E-state index in [-0.39, 0.29) is 5.56 Å². The van der Waals surface area contributed by atoms with Crippen LogP contribution in [0.25, 0.3) is 0 Å². The van der Waals surface area contributed by atoms with Gasteiger partial charge >= 0.3 is 23.9 Å². The molecule has 2 saturated carbocycles. The zero-order valence-corrected chi connectivity index (χ0v) is 21.5. The van der Waals surface area contributed by atoms with E-state index in [9.17, 15) is 34.5 Å². The molecule has 4 aliphatic heterocycles. The smallest absolute Gasteiger partial charge is 0.343 e. The van der Waals surface area contributed by atoms with Gasteiger partial charge in [0.25, 0.3) is 0 Å². The average Bonchev–Trinajstić information content (AvgIpc) is 3.57. The van der Waals surface area contributed by atoms with Crippen molar-refractivity contribution in [2.75, 3.05) is 0 Å². The molecule has 0 radical (unpaired) electrons. The third-order valence-corrected chi connectivity index (χ3v) is 10.2. The lowest BCUT2D eigenvalue weighted by molar-refractivity contribution is -0.240. The Bertz CT molecular complexity index is 1340. The number of fused-ring (bicyclic) bond motifs is 1. The molecule has 6 fully saturated rings. The maximum absolute atomic E-state index is 13.9. The topological polar surface area (TPSA) is 175 Å². The molecule has 4 saturated heterocycles. The van der Waals surface area contributed by atoms with E-state index < -0.39 is 100.0 Å². The molecule has 6 unspecified atom stereocenters. The number of carbonyl (C=O) groups excluding carboxylic acids is 4. The minimum absolute atomic E-state index is 0.116. The predicted octanol–water partition coefficient (Wildman–Crippen LogP) is -0.534. The summed E-state index contributed by atoms with van der Waals surface area (Å²) < 4.78 is 29.1. The second kappa shape index (κ2) is 6.98. The lowest BCUT2D eigenvalue weighted by Crippen LogP contribution is -2.67. The van der Waals surface area contributed by atoms with Crippen LogP contribution in [0.3, 0.4) is 0 Å². The van der Waals surface area contributed by atoms with Gasteiger partial charge in [-0.3, -0.25) is 4.79 Å². The number of hydrogen-bond donors (Lipinski definition) is 3. The van der Waals surface area contributed by atoms with E-state index in [1.54, 1.807) is 39.0 Å². The highest BCUT2D eigenvalue weighted by atomic mass is 16.8. The van der Waals surface area contributed by atoms with Gasteiger partial charge in [0.15, 0.2) is 23.9 Å². The van der Waals surface area contributed by atoms with Gasteiger partial charge in [-0.05, 0) is 24.5 Å². The molecule has 2 spiro atoms. The van der Waals surface area contributed by atoms with Crippen LogP contribution in [-0.2, 0) is 38.1 Å². The van der Waals surface area contributed by atoms with Crippen molar-refractivity contribution in [3.8, 4) is 0 Å². The van der Waals surface area contributed by atoms with Crippen LogP contribution in [-0.4, -0.2) is 87.2 Å². The molecule has 1 aromatic rings. The van der Waals surface area contributed by atoms with Crippen molar-refractivity contribution in [1.82, 2.24) is 0 Å². The molecule has 12 atom stereocenters. The average molecular weight is 545 g/mol. The zero-order valence-electron chi connectivity index (χ0n) is 21.5. The summed E-state index contributed by atoms with van der Waals surface area (Å²) in [5.74, 6) is -6.35. The van der Waals surface area contributed by atoms with Gasteiger partial charge in [-0.1, -0.05) is 39.0 Å². The van der Waals surface area contributed by atoms with Gasteiger partial charge in [0.05, 0.1) is 23.0 Å². The standard InChI is InChI=1S/C27H28O12/c1-10-18(30)36-17-16(35-19(31)11-8-6-5-7-9-11)25-15-12(28)13(23(2,3)4)24(25)14(29)20(32)38-22(24)39-27(25,21(33)37-15)26(10,17)34/h5-10,12-17,22,28-29,34H,1-4H3/t10-,12-,13+,14+,15?,16+,17?,22?,24?,25?,26-,27?/m1/s1. The summed E-state index contributed by atoms with van der Waals surface area (Å²) in [5.41, 5.74) is -9.72. The molecule has 0 bridgehead atoms. The fourth-order valence-corrected chi connectivity index (χ4v) is 9.14. The molecule has 7 rings (SSSR count). The molecule has 39 heavy (non-hydrogen) atoms. The molecule has 0 aromatic heterocycles. The number of carbonyl (C=O) groups is 4. The second-order valence-electron chi connectivity index (χ2n) is 12.5. The van der Waals surface area contributed by atoms with Crippen molar-refractivity contribution in [2.45, 2.75) is 75.7 Å². The highest BCUT2D eigenvalue weighted by molar-refractivity contribution is 5.95. The molecular formula is C27H28O12. The Hall–Kier alpha value is -3.06. The van der Waals surface area contributed by atoms with Gasteiger partial charge < -0.3 is 39.0 Å². The number of benzene rings is 1. The van der Waals surface area contributed by atoms with Crippen LogP contribution in [0.1, 0.15) is 38.1 Å². The first kappa shape index (κ1) is 24.9. The Morgan fingerprint density at radius 1 is 0.974 bits per heavy atom. The normalized spacial score (nSPS) is 50.6. The van der Waals surface area contributed by atoms with Gasteiger partial charge in [0, 0.05) is 5.92 Å². The summed E-state index contributed by atoms with van der Waals surface area (Å²) in [5, 5.41) is 35.8. The first-order chi connectivity index (χ1) is 18.2. The quantitative estimate of drug-likeness (QED) is 0.321. The Balaban J connectivity index is 1.56. The van der Waals surface area contributed by atoms with E-state index in [1.165, 1.54) is 19.1 Å². The van der Waals surface area contributed by atoms with Crippen LogP contribution in [0.2, 0.25) is 0 Å². The van der Waals surface area contributed by atoms with E-state index in [0.29, 0.717) is 0 Å². The molecule has 1 aromatic carbocycles. The summed E-state index contributed by atoms with van der Waals surface area (Å²) in [4.78, 5) is 53.3. The zero-order chi connectivity index (χ0) is 28.1. The van der Waals surface area contributed by atoms with Gasteiger partial charge in [0.1, 0.15) is 11.5 Å². The van der Waals surface area contributed by atoms with E-state index in [4.69, 9.17) is 23.7 Å². The van der Waals surface area contributed by atoms with Crippen LogP contribution >= 0.6 is 0 Å². The summed E-state index contributed by atoms with van der Waals surface area (Å²) in [6, 6.07) is 7.87. The van der Waals surface area contributed by atoms with E-state index in [1.807, 2.05) is 0 Å².